The molecule has 0 unspecified atom stereocenters. The highest BCUT2D eigenvalue weighted by Gasteiger charge is 2.25. The zero-order valence-corrected chi connectivity index (χ0v) is 15.6. The number of rotatable bonds is 5. The van der Waals surface area contributed by atoms with Gasteiger partial charge < -0.3 is 15.0 Å². The van der Waals surface area contributed by atoms with Crippen LogP contribution in [0.4, 0.5) is 11.4 Å². The number of hydrogen-bond donors (Lipinski definition) is 1. The van der Waals surface area contributed by atoms with Crippen LogP contribution in [0.25, 0.3) is 6.08 Å². The topological polar surface area (TPSA) is 58.6 Å². The Morgan fingerprint density at radius 2 is 2.04 bits per heavy atom. The minimum Gasteiger partial charge on any atom is -0.481 e. The summed E-state index contributed by atoms with van der Waals surface area (Å²) in [6, 6.07) is 12.4. The number of benzene rings is 2. The molecule has 0 atom stereocenters. The van der Waals surface area contributed by atoms with Gasteiger partial charge in [0, 0.05) is 29.4 Å². The molecule has 6 heteroatoms. The molecular formula is C21H19ClN2O3. The van der Waals surface area contributed by atoms with Crippen LogP contribution in [0.2, 0.25) is 5.02 Å². The second-order valence-corrected chi connectivity index (χ2v) is 6.72. The van der Waals surface area contributed by atoms with E-state index in [2.05, 4.69) is 11.9 Å². The molecule has 0 saturated carbocycles. The molecule has 1 N–H and O–H groups in total. The van der Waals surface area contributed by atoms with Crippen LogP contribution in [-0.4, -0.2) is 25.0 Å². The monoisotopic (exact) mass is 382 g/mol. The first-order valence-electron chi connectivity index (χ1n) is 8.38. The van der Waals surface area contributed by atoms with Crippen LogP contribution in [-0.2, 0) is 9.59 Å². The van der Waals surface area contributed by atoms with E-state index in [1.165, 1.54) is 6.08 Å². The molecule has 2 aromatic carbocycles. The second-order valence-electron chi connectivity index (χ2n) is 6.28. The number of amides is 2. The number of anilines is 2. The van der Waals surface area contributed by atoms with E-state index in [0.29, 0.717) is 28.7 Å². The first-order valence-corrected chi connectivity index (χ1v) is 8.76. The van der Waals surface area contributed by atoms with Gasteiger partial charge in [0.05, 0.1) is 5.69 Å². The maximum absolute atomic E-state index is 12.1. The summed E-state index contributed by atoms with van der Waals surface area (Å²) in [6.45, 7) is 6.12. The summed E-state index contributed by atoms with van der Waals surface area (Å²) in [5.74, 6) is 0.166. The van der Waals surface area contributed by atoms with E-state index >= 15 is 0 Å². The predicted octanol–water partition coefficient (Wildman–Crippen LogP) is 4.29. The molecule has 3 rings (SSSR count). The molecule has 2 aromatic rings. The average molecular weight is 383 g/mol. The summed E-state index contributed by atoms with van der Waals surface area (Å²) in [5.41, 5.74) is 3.01. The van der Waals surface area contributed by atoms with Crippen LogP contribution in [0.1, 0.15) is 12.5 Å². The van der Waals surface area contributed by atoms with Crippen molar-refractivity contribution in [1.82, 2.24) is 0 Å². The Morgan fingerprint density at radius 3 is 2.74 bits per heavy atom. The first-order chi connectivity index (χ1) is 12.9. The standard InChI is InChI=1S/C21H19ClN2O3/c1-14(2)12-24-18-9-8-17(11-19(18)27-13-21(24)26)23-20(25)10-5-15-3-6-16(22)7-4-15/h3-11H,1,12-13H2,2H3,(H,23,25)/b10-5+. The van der Waals surface area contributed by atoms with Gasteiger partial charge in [-0.3, -0.25) is 9.59 Å². The van der Waals surface area contributed by atoms with E-state index in [1.54, 1.807) is 41.3 Å². The van der Waals surface area contributed by atoms with E-state index in [-0.39, 0.29) is 18.4 Å². The van der Waals surface area contributed by atoms with Gasteiger partial charge in [-0.2, -0.15) is 0 Å². The molecule has 0 fully saturated rings. The van der Waals surface area contributed by atoms with Gasteiger partial charge in [-0.15, -0.1) is 0 Å². The normalized spacial score (nSPS) is 13.3. The van der Waals surface area contributed by atoms with Crippen molar-refractivity contribution in [2.45, 2.75) is 6.92 Å². The predicted molar refractivity (Wildman–Crippen MR) is 108 cm³/mol. The highest BCUT2D eigenvalue weighted by molar-refractivity contribution is 6.30. The Labute approximate surface area is 162 Å². The van der Waals surface area contributed by atoms with Gasteiger partial charge in [0.1, 0.15) is 5.75 Å². The molecule has 0 radical (unpaired) electrons. The molecule has 0 aromatic heterocycles. The van der Waals surface area contributed by atoms with Crippen molar-refractivity contribution in [3.8, 4) is 5.75 Å². The van der Waals surface area contributed by atoms with Gasteiger partial charge in [-0.1, -0.05) is 35.9 Å². The Kier molecular flexibility index (Phi) is 5.62. The summed E-state index contributed by atoms with van der Waals surface area (Å²) >= 11 is 5.84. The van der Waals surface area contributed by atoms with Crippen LogP contribution < -0.4 is 15.0 Å². The molecule has 5 nitrogen and oxygen atoms in total. The Hall–Kier alpha value is -3.05. The summed E-state index contributed by atoms with van der Waals surface area (Å²) in [7, 11) is 0. The third-order valence-electron chi connectivity index (χ3n) is 3.90. The third-order valence-corrected chi connectivity index (χ3v) is 4.15. The lowest BCUT2D eigenvalue weighted by molar-refractivity contribution is -0.121. The zero-order valence-electron chi connectivity index (χ0n) is 14.9. The van der Waals surface area contributed by atoms with Crippen molar-refractivity contribution < 1.29 is 14.3 Å². The number of halogens is 1. The van der Waals surface area contributed by atoms with Crippen molar-refractivity contribution in [3.05, 3.63) is 71.3 Å². The largest absolute Gasteiger partial charge is 0.481 e. The number of carbonyl (C=O) groups excluding carboxylic acids is 2. The molecule has 0 spiro atoms. The molecule has 0 saturated heterocycles. The third kappa shape index (κ3) is 4.77. The van der Waals surface area contributed by atoms with Gasteiger partial charge in [-0.05, 0) is 42.8 Å². The number of fused-ring (bicyclic) bond motifs is 1. The van der Waals surface area contributed by atoms with Gasteiger partial charge >= 0.3 is 0 Å². The molecule has 138 valence electrons. The van der Waals surface area contributed by atoms with Crippen molar-refractivity contribution in [2.24, 2.45) is 0 Å². The number of ether oxygens (including phenoxy) is 1. The quantitative estimate of drug-likeness (QED) is 0.619. The van der Waals surface area contributed by atoms with Crippen molar-refractivity contribution in [3.63, 3.8) is 0 Å². The maximum Gasteiger partial charge on any atom is 0.265 e. The first kappa shape index (κ1) is 18.7. The summed E-state index contributed by atoms with van der Waals surface area (Å²) in [6.07, 6.45) is 3.15. The van der Waals surface area contributed by atoms with Gasteiger partial charge in [-0.25, -0.2) is 0 Å². The lowest BCUT2D eigenvalue weighted by Gasteiger charge is -2.29. The van der Waals surface area contributed by atoms with Gasteiger partial charge in [0.25, 0.3) is 5.91 Å². The number of nitrogens with zero attached hydrogens (tertiary/aromatic N) is 1. The minimum absolute atomic E-state index is 0.0336. The van der Waals surface area contributed by atoms with Gasteiger partial charge in [0.2, 0.25) is 5.91 Å². The fraction of sp³-hybridized carbons (Fsp3) is 0.143. The minimum atomic E-state index is -0.268. The molecule has 1 aliphatic heterocycles. The SMILES string of the molecule is C=C(C)CN1C(=O)COc2cc(NC(=O)/C=C/c3ccc(Cl)cc3)ccc21. The zero-order chi connectivity index (χ0) is 19.4. The Morgan fingerprint density at radius 1 is 1.30 bits per heavy atom. The van der Waals surface area contributed by atoms with E-state index in [1.807, 2.05) is 19.1 Å². The van der Waals surface area contributed by atoms with Crippen LogP contribution >= 0.6 is 11.6 Å². The average Bonchev–Trinajstić information content (AvgIpc) is 2.63. The molecule has 2 amide bonds. The van der Waals surface area contributed by atoms with E-state index < -0.39 is 0 Å². The number of nitrogens with one attached hydrogen (secondary N) is 1. The molecule has 1 aliphatic rings. The van der Waals surface area contributed by atoms with Crippen LogP contribution in [0.3, 0.4) is 0 Å². The fourth-order valence-electron chi connectivity index (χ4n) is 2.66. The lowest BCUT2D eigenvalue weighted by Crippen LogP contribution is -2.39. The highest BCUT2D eigenvalue weighted by atomic mass is 35.5. The molecule has 0 bridgehead atoms. The van der Waals surface area contributed by atoms with Crippen molar-refractivity contribution in [2.75, 3.05) is 23.4 Å². The van der Waals surface area contributed by atoms with Gasteiger partial charge in [0.15, 0.2) is 6.61 Å². The smallest absolute Gasteiger partial charge is 0.265 e. The second kappa shape index (κ2) is 8.10. The van der Waals surface area contributed by atoms with E-state index in [0.717, 1.165) is 11.1 Å². The lowest BCUT2D eigenvalue weighted by atomic mass is 10.2. The van der Waals surface area contributed by atoms with Crippen LogP contribution in [0, 0.1) is 0 Å². The highest BCUT2D eigenvalue weighted by Crippen LogP contribution is 2.34. The number of hydrogen-bond acceptors (Lipinski definition) is 3. The molecule has 27 heavy (non-hydrogen) atoms. The van der Waals surface area contributed by atoms with Crippen LogP contribution in [0.15, 0.2) is 60.7 Å². The maximum atomic E-state index is 12.1. The molecule has 1 heterocycles. The fourth-order valence-corrected chi connectivity index (χ4v) is 2.78. The van der Waals surface area contributed by atoms with E-state index in [4.69, 9.17) is 16.3 Å². The summed E-state index contributed by atoms with van der Waals surface area (Å²) in [5, 5.41) is 3.43. The summed E-state index contributed by atoms with van der Waals surface area (Å²) < 4.78 is 5.51. The van der Waals surface area contributed by atoms with Crippen LogP contribution in [0.5, 0.6) is 5.75 Å². The van der Waals surface area contributed by atoms with E-state index in [9.17, 15) is 9.59 Å². The molecular weight excluding hydrogens is 364 g/mol. The summed E-state index contributed by atoms with van der Waals surface area (Å²) in [4.78, 5) is 25.8. The number of carbonyl (C=O) groups is 2. The molecule has 0 aliphatic carbocycles. The van der Waals surface area contributed by atoms with Crippen molar-refractivity contribution in [1.29, 1.82) is 0 Å². The Bertz CT molecular complexity index is 920. The Balaban J connectivity index is 1.71. The van der Waals surface area contributed by atoms with Crippen molar-refractivity contribution >= 4 is 40.9 Å².